The summed E-state index contributed by atoms with van der Waals surface area (Å²) in [5, 5.41) is 9.19. The molecule has 0 saturated carbocycles. The Balaban J connectivity index is 1.71. The normalized spacial score (nSPS) is 11.1. The highest BCUT2D eigenvalue weighted by Crippen LogP contribution is 2.17. The summed E-state index contributed by atoms with van der Waals surface area (Å²) in [6.45, 7) is 3.51. The molecule has 0 fully saturated rings. The molecule has 3 aromatic rings. The molecule has 0 aliphatic rings. The van der Waals surface area contributed by atoms with Crippen molar-refractivity contribution in [1.82, 2.24) is 20.1 Å². The third kappa shape index (κ3) is 2.56. The maximum atomic E-state index is 4.57. The van der Waals surface area contributed by atoms with Crippen LogP contribution in [-0.2, 0) is 20.1 Å². The zero-order chi connectivity index (χ0) is 13.9. The van der Waals surface area contributed by atoms with Gasteiger partial charge in [0, 0.05) is 31.2 Å². The number of benzene rings is 1. The molecule has 0 spiro atoms. The van der Waals surface area contributed by atoms with Crippen LogP contribution in [0.25, 0.3) is 10.9 Å². The fraction of sp³-hybridized carbons (Fsp3) is 0.250. The Morgan fingerprint density at radius 1 is 1.05 bits per heavy atom. The Morgan fingerprint density at radius 3 is 2.75 bits per heavy atom. The molecule has 0 aliphatic carbocycles. The van der Waals surface area contributed by atoms with Gasteiger partial charge in [0.05, 0.1) is 16.9 Å². The number of nitrogens with zero attached hydrogens (tertiary/aromatic N) is 3. The van der Waals surface area contributed by atoms with Crippen molar-refractivity contribution in [3.8, 4) is 0 Å². The molecule has 0 saturated heterocycles. The molecule has 4 nitrogen and oxygen atoms in total. The topological polar surface area (TPSA) is 42.7 Å². The SMILES string of the molecule is Cc1cccc(CNCc2nn(C)c3ccccc23)n1. The first-order valence-electron chi connectivity index (χ1n) is 6.78. The monoisotopic (exact) mass is 266 g/mol. The Morgan fingerprint density at radius 2 is 1.90 bits per heavy atom. The Kier molecular flexibility index (Phi) is 3.48. The fourth-order valence-corrected chi connectivity index (χ4v) is 2.43. The number of rotatable bonds is 4. The van der Waals surface area contributed by atoms with Gasteiger partial charge in [-0.15, -0.1) is 0 Å². The summed E-state index contributed by atoms with van der Waals surface area (Å²) >= 11 is 0. The van der Waals surface area contributed by atoms with Crippen LogP contribution < -0.4 is 5.32 Å². The number of hydrogen-bond donors (Lipinski definition) is 1. The fourth-order valence-electron chi connectivity index (χ4n) is 2.43. The van der Waals surface area contributed by atoms with E-state index in [1.54, 1.807) is 0 Å². The van der Waals surface area contributed by atoms with Gasteiger partial charge in [-0.25, -0.2) is 0 Å². The van der Waals surface area contributed by atoms with E-state index in [2.05, 4.69) is 33.6 Å². The summed E-state index contributed by atoms with van der Waals surface area (Å²) < 4.78 is 1.93. The highest BCUT2D eigenvalue weighted by Gasteiger charge is 2.07. The zero-order valence-electron chi connectivity index (χ0n) is 11.8. The molecule has 0 amide bonds. The number of hydrogen-bond acceptors (Lipinski definition) is 3. The first kappa shape index (κ1) is 12.8. The van der Waals surface area contributed by atoms with Crippen LogP contribution in [0.4, 0.5) is 0 Å². The minimum Gasteiger partial charge on any atom is -0.305 e. The predicted molar refractivity (Wildman–Crippen MR) is 80.2 cm³/mol. The van der Waals surface area contributed by atoms with Crippen LogP contribution in [0.5, 0.6) is 0 Å². The molecule has 0 radical (unpaired) electrons. The van der Waals surface area contributed by atoms with Crippen LogP contribution in [0, 0.1) is 6.92 Å². The summed E-state index contributed by atoms with van der Waals surface area (Å²) in [6, 6.07) is 14.4. The van der Waals surface area contributed by atoms with Crippen LogP contribution in [0.2, 0.25) is 0 Å². The Hall–Kier alpha value is -2.20. The summed E-state index contributed by atoms with van der Waals surface area (Å²) in [5.74, 6) is 0. The molecule has 1 N–H and O–H groups in total. The van der Waals surface area contributed by atoms with Gasteiger partial charge in [-0.05, 0) is 25.1 Å². The van der Waals surface area contributed by atoms with Crippen molar-refractivity contribution < 1.29 is 0 Å². The van der Waals surface area contributed by atoms with Crippen LogP contribution in [0.15, 0.2) is 42.5 Å². The molecule has 0 atom stereocenters. The standard InChI is InChI=1S/C16H18N4/c1-12-6-5-7-13(18-12)10-17-11-15-14-8-3-4-9-16(14)20(2)19-15/h3-9,17H,10-11H2,1-2H3. The van der Waals surface area contributed by atoms with E-state index in [-0.39, 0.29) is 0 Å². The van der Waals surface area contributed by atoms with Crippen LogP contribution in [0.3, 0.4) is 0 Å². The molecule has 0 bridgehead atoms. The van der Waals surface area contributed by atoms with E-state index >= 15 is 0 Å². The maximum absolute atomic E-state index is 4.57. The van der Waals surface area contributed by atoms with E-state index in [4.69, 9.17) is 0 Å². The smallest absolute Gasteiger partial charge is 0.0841 e. The quantitative estimate of drug-likeness (QED) is 0.789. The van der Waals surface area contributed by atoms with Crippen molar-refractivity contribution in [2.75, 3.05) is 0 Å². The lowest BCUT2D eigenvalue weighted by Crippen LogP contribution is -2.14. The lowest BCUT2D eigenvalue weighted by molar-refractivity contribution is 0.651. The van der Waals surface area contributed by atoms with Crippen molar-refractivity contribution >= 4 is 10.9 Å². The van der Waals surface area contributed by atoms with E-state index in [1.165, 1.54) is 5.39 Å². The second-order valence-corrected chi connectivity index (χ2v) is 4.96. The van der Waals surface area contributed by atoms with Crippen LogP contribution in [0.1, 0.15) is 17.1 Å². The molecule has 1 aromatic carbocycles. The maximum Gasteiger partial charge on any atom is 0.0841 e. The predicted octanol–water partition coefficient (Wildman–Crippen LogP) is 2.57. The molecule has 3 rings (SSSR count). The highest BCUT2D eigenvalue weighted by molar-refractivity contribution is 5.81. The minimum absolute atomic E-state index is 0.747. The summed E-state index contributed by atoms with van der Waals surface area (Å²) in [6.07, 6.45) is 0. The van der Waals surface area contributed by atoms with E-state index in [9.17, 15) is 0 Å². The number of aryl methyl sites for hydroxylation is 2. The first-order chi connectivity index (χ1) is 9.74. The van der Waals surface area contributed by atoms with Crippen LogP contribution in [-0.4, -0.2) is 14.8 Å². The minimum atomic E-state index is 0.747. The van der Waals surface area contributed by atoms with E-state index in [0.29, 0.717) is 0 Å². The number of pyridine rings is 1. The van der Waals surface area contributed by atoms with Gasteiger partial charge in [0.15, 0.2) is 0 Å². The number of aromatic nitrogens is 3. The largest absolute Gasteiger partial charge is 0.305 e. The van der Waals surface area contributed by atoms with Gasteiger partial charge in [0.25, 0.3) is 0 Å². The van der Waals surface area contributed by atoms with Crippen molar-refractivity contribution in [3.05, 3.63) is 59.5 Å². The molecule has 0 unspecified atom stereocenters. The average Bonchev–Trinajstić information content (AvgIpc) is 2.77. The van der Waals surface area contributed by atoms with Gasteiger partial charge in [0.1, 0.15) is 0 Å². The molecule has 0 aliphatic heterocycles. The average molecular weight is 266 g/mol. The van der Waals surface area contributed by atoms with Crippen molar-refractivity contribution in [2.24, 2.45) is 7.05 Å². The van der Waals surface area contributed by atoms with Gasteiger partial charge in [-0.3, -0.25) is 9.67 Å². The zero-order valence-corrected chi connectivity index (χ0v) is 11.8. The molecule has 4 heteroatoms. The Bertz CT molecular complexity index is 730. The van der Waals surface area contributed by atoms with Crippen molar-refractivity contribution in [2.45, 2.75) is 20.0 Å². The molecular formula is C16H18N4. The van der Waals surface area contributed by atoms with Gasteiger partial charge in [-0.1, -0.05) is 24.3 Å². The lowest BCUT2D eigenvalue weighted by atomic mass is 10.2. The number of nitrogens with one attached hydrogen (secondary N) is 1. The Labute approximate surface area is 118 Å². The second kappa shape index (κ2) is 5.43. The molecule has 20 heavy (non-hydrogen) atoms. The third-order valence-corrected chi connectivity index (χ3v) is 3.38. The summed E-state index contributed by atoms with van der Waals surface area (Å²) in [7, 11) is 1.98. The lowest BCUT2D eigenvalue weighted by Gasteiger charge is -2.03. The molecular weight excluding hydrogens is 248 g/mol. The van der Waals surface area contributed by atoms with Crippen molar-refractivity contribution in [3.63, 3.8) is 0 Å². The molecule has 102 valence electrons. The van der Waals surface area contributed by atoms with Gasteiger partial charge in [0.2, 0.25) is 0 Å². The summed E-state index contributed by atoms with van der Waals surface area (Å²) in [5.41, 5.74) is 4.35. The highest BCUT2D eigenvalue weighted by atomic mass is 15.3. The van der Waals surface area contributed by atoms with Gasteiger partial charge >= 0.3 is 0 Å². The first-order valence-corrected chi connectivity index (χ1v) is 6.78. The third-order valence-electron chi connectivity index (χ3n) is 3.38. The van der Waals surface area contributed by atoms with Gasteiger partial charge in [-0.2, -0.15) is 5.10 Å². The molecule has 2 heterocycles. The van der Waals surface area contributed by atoms with Crippen LogP contribution >= 0.6 is 0 Å². The number of fused-ring (bicyclic) bond motifs is 1. The van der Waals surface area contributed by atoms with Gasteiger partial charge < -0.3 is 5.32 Å². The van der Waals surface area contributed by atoms with E-state index in [1.807, 2.05) is 42.9 Å². The van der Waals surface area contributed by atoms with E-state index < -0.39 is 0 Å². The number of para-hydroxylation sites is 1. The molecule has 2 aromatic heterocycles. The van der Waals surface area contributed by atoms with Crippen molar-refractivity contribution in [1.29, 1.82) is 0 Å². The second-order valence-electron chi connectivity index (χ2n) is 4.96. The van der Waals surface area contributed by atoms with E-state index in [0.717, 1.165) is 35.7 Å². The summed E-state index contributed by atoms with van der Waals surface area (Å²) in [4.78, 5) is 4.48.